The standard InChI is InChI=1S/C58H112O6/c1-5-8-10-12-14-16-18-20-21-22-26-30-33-37-41-45-49-56(59)62-52-55(64-58(61)51-47-43-39-35-29-19-17-15-13-11-9-6-2)53-63-57(60)50-46-42-38-34-31-27-24-23-25-28-32-36-40-44-48-54(4)7-3/h54-55H,5-53H2,1-4H3/t54?,55-/m0/s1. The van der Waals surface area contributed by atoms with Gasteiger partial charge in [0, 0.05) is 19.3 Å². The molecule has 0 aliphatic heterocycles. The predicted molar refractivity (Wildman–Crippen MR) is 275 cm³/mol. The van der Waals surface area contributed by atoms with Gasteiger partial charge in [-0.3, -0.25) is 14.4 Å². The first-order valence-electron chi connectivity index (χ1n) is 28.9. The van der Waals surface area contributed by atoms with Gasteiger partial charge in [-0.25, -0.2) is 0 Å². The van der Waals surface area contributed by atoms with Crippen molar-refractivity contribution in [2.75, 3.05) is 13.2 Å². The topological polar surface area (TPSA) is 78.9 Å². The Kier molecular flexibility index (Phi) is 51.1. The third kappa shape index (κ3) is 49.8. The number of carbonyl (C=O) groups is 3. The molecule has 0 N–H and O–H groups in total. The van der Waals surface area contributed by atoms with Crippen LogP contribution in [0, 0.1) is 5.92 Å². The normalized spacial score (nSPS) is 12.4. The number of hydrogen-bond acceptors (Lipinski definition) is 6. The summed E-state index contributed by atoms with van der Waals surface area (Å²) in [6, 6.07) is 0. The van der Waals surface area contributed by atoms with Gasteiger partial charge < -0.3 is 14.2 Å². The molecule has 0 radical (unpaired) electrons. The second-order valence-corrected chi connectivity index (χ2v) is 20.2. The average molecular weight is 906 g/mol. The van der Waals surface area contributed by atoms with Crippen LogP contribution in [0.1, 0.15) is 329 Å². The molecule has 0 fully saturated rings. The summed E-state index contributed by atoms with van der Waals surface area (Å²) in [5.74, 6) is 0.0602. The maximum Gasteiger partial charge on any atom is 0.306 e. The molecule has 0 aliphatic rings. The van der Waals surface area contributed by atoms with Gasteiger partial charge in [0.25, 0.3) is 0 Å². The minimum atomic E-state index is -0.761. The molecule has 0 amide bonds. The summed E-state index contributed by atoms with van der Waals surface area (Å²) in [5.41, 5.74) is 0. The fourth-order valence-electron chi connectivity index (χ4n) is 8.89. The maximum atomic E-state index is 12.8. The Morgan fingerprint density at radius 2 is 0.547 bits per heavy atom. The van der Waals surface area contributed by atoms with E-state index < -0.39 is 6.10 Å². The number of carbonyl (C=O) groups excluding carboxylic acids is 3. The second-order valence-electron chi connectivity index (χ2n) is 20.2. The summed E-state index contributed by atoms with van der Waals surface area (Å²) in [7, 11) is 0. The summed E-state index contributed by atoms with van der Waals surface area (Å²) >= 11 is 0. The van der Waals surface area contributed by atoms with Gasteiger partial charge in [0.2, 0.25) is 0 Å². The van der Waals surface area contributed by atoms with Crippen LogP contribution in [0.4, 0.5) is 0 Å². The van der Waals surface area contributed by atoms with Gasteiger partial charge in [0.05, 0.1) is 0 Å². The van der Waals surface area contributed by atoms with Crippen molar-refractivity contribution in [3.63, 3.8) is 0 Å². The first-order chi connectivity index (χ1) is 31.4. The van der Waals surface area contributed by atoms with E-state index in [0.29, 0.717) is 19.3 Å². The van der Waals surface area contributed by atoms with Crippen LogP contribution in [0.25, 0.3) is 0 Å². The van der Waals surface area contributed by atoms with Crippen LogP contribution in [0.5, 0.6) is 0 Å². The summed E-state index contributed by atoms with van der Waals surface area (Å²) in [6.45, 7) is 9.09. The smallest absolute Gasteiger partial charge is 0.306 e. The number of hydrogen-bond donors (Lipinski definition) is 0. The molecule has 6 heteroatoms. The Bertz CT molecular complexity index is 966. The monoisotopic (exact) mass is 905 g/mol. The Labute approximate surface area is 399 Å². The maximum absolute atomic E-state index is 12.8. The van der Waals surface area contributed by atoms with E-state index in [2.05, 4.69) is 27.7 Å². The van der Waals surface area contributed by atoms with Gasteiger partial charge in [-0.05, 0) is 25.2 Å². The SMILES string of the molecule is CCCCCCCCCCCCCCCCCCC(=O)OC[C@@H](COC(=O)CCCCCCCCCCCCCCCCC(C)CC)OC(=O)CCCCCCCCCCCCCC. The van der Waals surface area contributed by atoms with Gasteiger partial charge in [0.15, 0.2) is 6.10 Å². The van der Waals surface area contributed by atoms with E-state index in [1.54, 1.807) is 0 Å². The molecule has 1 unspecified atom stereocenters. The molecule has 0 spiro atoms. The highest BCUT2D eigenvalue weighted by Gasteiger charge is 2.19. The zero-order chi connectivity index (χ0) is 46.7. The van der Waals surface area contributed by atoms with Crippen LogP contribution in [-0.4, -0.2) is 37.2 Å². The van der Waals surface area contributed by atoms with Gasteiger partial charge in [-0.1, -0.05) is 291 Å². The lowest BCUT2D eigenvalue weighted by molar-refractivity contribution is -0.167. The van der Waals surface area contributed by atoms with Crippen molar-refractivity contribution in [1.29, 1.82) is 0 Å². The van der Waals surface area contributed by atoms with Crippen molar-refractivity contribution in [2.45, 2.75) is 336 Å². The Morgan fingerprint density at radius 1 is 0.312 bits per heavy atom. The molecule has 380 valence electrons. The van der Waals surface area contributed by atoms with Gasteiger partial charge in [-0.2, -0.15) is 0 Å². The third-order valence-electron chi connectivity index (χ3n) is 13.7. The predicted octanol–water partition coefficient (Wildman–Crippen LogP) is 19.0. The number of ether oxygens (including phenoxy) is 3. The van der Waals surface area contributed by atoms with Gasteiger partial charge in [0.1, 0.15) is 13.2 Å². The molecule has 0 heterocycles. The molecule has 0 bridgehead atoms. The zero-order valence-electron chi connectivity index (χ0n) is 43.8. The zero-order valence-corrected chi connectivity index (χ0v) is 43.8. The molecular weight excluding hydrogens is 793 g/mol. The van der Waals surface area contributed by atoms with E-state index >= 15 is 0 Å². The molecule has 6 nitrogen and oxygen atoms in total. The molecule has 2 atom stereocenters. The van der Waals surface area contributed by atoms with Crippen molar-refractivity contribution in [3.8, 4) is 0 Å². The summed E-state index contributed by atoms with van der Waals surface area (Å²) < 4.78 is 16.9. The third-order valence-corrected chi connectivity index (χ3v) is 13.7. The molecule has 0 saturated carbocycles. The number of rotatable bonds is 53. The van der Waals surface area contributed by atoms with Crippen molar-refractivity contribution in [1.82, 2.24) is 0 Å². The van der Waals surface area contributed by atoms with E-state index in [1.807, 2.05) is 0 Å². The lowest BCUT2D eigenvalue weighted by Crippen LogP contribution is -2.30. The van der Waals surface area contributed by atoms with Gasteiger partial charge >= 0.3 is 17.9 Å². The lowest BCUT2D eigenvalue weighted by Gasteiger charge is -2.18. The Balaban J connectivity index is 4.26. The van der Waals surface area contributed by atoms with Crippen molar-refractivity contribution < 1.29 is 28.6 Å². The first-order valence-corrected chi connectivity index (χ1v) is 28.9. The quantitative estimate of drug-likeness (QED) is 0.0344. The van der Waals surface area contributed by atoms with Crippen LogP contribution in [0.15, 0.2) is 0 Å². The molecule has 64 heavy (non-hydrogen) atoms. The molecular formula is C58H112O6. The van der Waals surface area contributed by atoms with Crippen LogP contribution >= 0.6 is 0 Å². The van der Waals surface area contributed by atoms with E-state index in [1.165, 1.54) is 225 Å². The molecule has 0 aromatic carbocycles. The summed E-state index contributed by atoms with van der Waals surface area (Å²) in [6.07, 6.45) is 56.5. The van der Waals surface area contributed by atoms with Crippen LogP contribution in [-0.2, 0) is 28.6 Å². The lowest BCUT2D eigenvalue weighted by atomic mass is 9.99. The van der Waals surface area contributed by atoms with E-state index in [4.69, 9.17) is 14.2 Å². The van der Waals surface area contributed by atoms with Gasteiger partial charge in [-0.15, -0.1) is 0 Å². The van der Waals surface area contributed by atoms with E-state index in [-0.39, 0.29) is 31.1 Å². The highest BCUT2D eigenvalue weighted by atomic mass is 16.6. The highest BCUT2D eigenvalue weighted by molar-refractivity contribution is 5.71. The fourth-order valence-corrected chi connectivity index (χ4v) is 8.89. The van der Waals surface area contributed by atoms with Crippen LogP contribution in [0.3, 0.4) is 0 Å². The largest absolute Gasteiger partial charge is 0.462 e. The number of unbranched alkanes of at least 4 members (excludes halogenated alkanes) is 39. The minimum Gasteiger partial charge on any atom is -0.462 e. The number of esters is 3. The first kappa shape index (κ1) is 62.4. The molecule has 0 aromatic rings. The van der Waals surface area contributed by atoms with Crippen molar-refractivity contribution in [2.24, 2.45) is 5.92 Å². The van der Waals surface area contributed by atoms with Crippen molar-refractivity contribution in [3.05, 3.63) is 0 Å². The molecule has 0 aliphatic carbocycles. The molecule has 0 saturated heterocycles. The van der Waals surface area contributed by atoms with Crippen LogP contribution < -0.4 is 0 Å². The summed E-state index contributed by atoms with van der Waals surface area (Å²) in [4.78, 5) is 38.1. The molecule has 0 aromatic heterocycles. The highest BCUT2D eigenvalue weighted by Crippen LogP contribution is 2.18. The van der Waals surface area contributed by atoms with E-state index in [9.17, 15) is 14.4 Å². The second kappa shape index (κ2) is 52.4. The Hall–Kier alpha value is -1.59. The van der Waals surface area contributed by atoms with E-state index in [0.717, 1.165) is 63.7 Å². The fraction of sp³-hybridized carbons (Fsp3) is 0.948. The minimum absolute atomic E-state index is 0.0618. The van der Waals surface area contributed by atoms with Crippen molar-refractivity contribution >= 4 is 17.9 Å². The Morgan fingerprint density at radius 3 is 0.812 bits per heavy atom. The summed E-state index contributed by atoms with van der Waals surface area (Å²) in [5, 5.41) is 0. The van der Waals surface area contributed by atoms with Crippen LogP contribution in [0.2, 0.25) is 0 Å². The molecule has 0 rings (SSSR count). The average Bonchev–Trinajstić information content (AvgIpc) is 3.29.